The summed E-state index contributed by atoms with van der Waals surface area (Å²) in [5, 5.41) is 4.90. The summed E-state index contributed by atoms with van der Waals surface area (Å²) in [5.41, 5.74) is 5.12. The fourth-order valence-electron chi connectivity index (χ4n) is 3.70. The van der Waals surface area contributed by atoms with Crippen LogP contribution in [0.15, 0.2) is 30.6 Å². The molecule has 1 unspecified atom stereocenters. The first-order valence-corrected chi connectivity index (χ1v) is 8.74. The van der Waals surface area contributed by atoms with Gasteiger partial charge in [0.15, 0.2) is 0 Å². The molecule has 0 bridgehead atoms. The zero-order valence-corrected chi connectivity index (χ0v) is 14.0. The number of nitrogens with zero attached hydrogens (tertiary/aromatic N) is 4. The molecule has 4 rings (SSSR count). The van der Waals surface area contributed by atoms with Crippen molar-refractivity contribution in [2.45, 2.75) is 58.4 Å². The van der Waals surface area contributed by atoms with Crippen LogP contribution in [0.1, 0.15) is 54.9 Å². The summed E-state index contributed by atoms with van der Waals surface area (Å²) in [6, 6.07) is 6.82. The van der Waals surface area contributed by atoms with Crippen LogP contribution in [0.4, 0.5) is 0 Å². The number of imidazole rings is 1. The molecule has 4 heteroatoms. The third kappa shape index (κ3) is 2.67. The quantitative estimate of drug-likeness (QED) is 0.732. The summed E-state index contributed by atoms with van der Waals surface area (Å²) in [4.78, 5) is 4.51. The fourth-order valence-corrected chi connectivity index (χ4v) is 3.70. The fraction of sp³-hybridized carbons (Fsp3) is 0.474. The Kier molecular flexibility index (Phi) is 3.68. The van der Waals surface area contributed by atoms with E-state index in [-0.39, 0.29) is 0 Å². The molecule has 4 heterocycles. The van der Waals surface area contributed by atoms with Gasteiger partial charge in [-0.1, -0.05) is 13.3 Å². The van der Waals surface area contributed by atoms with Gasteiger partial charge >= 0.3 is 0 Å². The highest BCUT2D eigenvalue weighted by Crippen LogP contribution is 2.30. The van der Waals surface area contributed by atoms with Gasteiger partial charge in [0.1, 0.15) is 5.82 Å². The number of fused-ring (bicyclic) bond motifs is 2. The van der Waals surface area contributed by atoms with Crippen molar-refractivity contribution in [2.24, 2.45) is 0 Å². The molecule has 3 aromatic rings. The summed E-state index contributed by atoms with van der Waals surface area (Å²) < 4.78 is 4.46. The van der Waals surface area contributed by atoms with E-state index in [9.17, 15) is 0 Å². The number of unbranched alkanes of at least 4 members (excludes halogenated alkanes) is 1. The van der Waals surface area contributed by atoms with Crippen LogP contribution in [0.3, 0.4) is 0 Å². The zero-order chi connectivity index (χ0) is 15.8. The molecule has 120 valence electrons. The van der Waals surface area contributed by atoms with E-state index in [2.05, 4.69) is 52.3 Å². The van der Waals surface area contributed by atoms with E-state index < -0.39 is 0 Å². The van der Waals surface area contributed by atoms with Gasteiger partial charge in [-0.05, 0) is 49.9 Å². The Hall–Kier alpha value is -2.10. The molecule has 4 nitrogen and oxygen atoms in total. The van der Waals surface area contributed by atoms with Crippen LogP contribution in [0.5, 0.6) is 0 Å². The smallest absolute Gasteiger partial charge is 0.109 e. The van der Waals surface area contributed by atoms with Crippen molar-refractivity contribution in [2.75, 3.05) is 0 Å². The molecule has 0 spiro atoms. The van der Waals surface area contributed by atoms with Crippen LogP contribution in [0.2, 0.25) is 0 Å². The normalized spacial score (nSPS) is 17.6. The standard InChI is InChI=1S/C19H24N4/c1-3-4-5-16-13-17-10-14(2)11-18(23(17)21-16)15-6-8-22-9-7-20-19(22)12-15/h7,9-11,13,15H,3-6,8,12H2,1-2H3. The Bertz CT molecular complexity index is 827. The van der Waals surface area contributed by atoms with Crippen LogP contribution >= 0.6 is 0 Å². The molecule has 0 fully saturated rings. The van der Waals surface area contributed by atoms with Crippen molar-refractivity contribution in [3.63, 3.8) is 0 Å². The monoisotopic (exact) mass is 308 g/mol. The van der Waals surface area contributed by atoms with E-state index >= 15 is 0 Å². The minimum atomic E-state index is 0.506. The first-order valence-electron chi connectivity index (χ1n) is 8.74. The minimum Gasteiger partial charge on any atom is -0.335 e. The molecular weight excluding hydrogens is 284 g/mol. The molecule has 0 amide bonds. The van der Waals surface area contributed by atoms with Gasteiger partial charge in [-0.2, -0.15) is 5.10 Å². The predicted octanol–water partition coefficient (Wildman–Crippen LogP) is 3.91. The Balaban J connectivity index is 1.72. The van der Waals surface area contributed by atoms with Crippen molar-refractivity contribution in [1.82, 2.24) is 19.2 Å². The van der Waals surface area contributed by atoms with E-state index in [0.29, 0.717) is 5.92 Å². The summed E-state index contributed by atoms with van der Waals surface area (Å²) in [5.74, 6) is 1.71. The molecule has 0 saturated carbocycles. The summed E-state index contributed by atoms with van der Waals surface area (Å²) in [6.45, 7) is 5.47. The number of hydrogen-bond acceptors (Lipinski definition) is 2. The lowest BCUT2D eigenvalue weighted by Gasteiger charge is -2.24. The van der Waals surface area contributed by atoms with Crippen LogP contribution in [-0.4, -0.2) is 19.2 Å². The van der Waals surface area contributed by atoms with Gasteiger partial charge < -0.3 is 4.57 Å². The molecule has 3 aromatic heterocycles. The van der Waals surface area contributed by atoms with Crippen molar-refractivity contribution in [1.29, 1.82) is 0 Å². The highest BCUT2D eigenvalue weighted by atomic mass is 15.2. The molecular formula is C19H24N4. The van der Waals surface area contributed by atoms with Gasteiger partial charge in [-0.15, -0.1) is 0 Å². The first-order chi connectivity index (χ1) is 11.2. The van der Waals surface area contributed by atoms with Crippen molar-refractivity contribution < 1.29 is 0 Å². The van der Waals surface area contributed by atoms with Gasteiger partial charge in [0.2, 0.25) is 0 Å². The van der Waals surface area contributed by atoms with Crippen LogP contribution in [0, 0.1) is 6.92 Å². The molecule has 1 aliphatic heterocycles. The van der Waals surface area contributed by atoms with Crippen LogP contribution in [-0.2, 0) is 19.4 Å². The molecule has 1 atom stereocenters. The second-order valence-electron chi connectivity index (χ2n) is 6.76. The SMILES string of the molecule is CCCCc1cc2cc(C)cc(C3CCn4ccnc4C3)n2n1. The average molecular weight is 308 g/mol. The third-order valence-electron chi connectivity index (χ3n) is 4.94. The van der Waals surface area contributed by atoms with E-state index in [0.717, 1.165) is 25.8 Å². The van der Waals surface area contributed by atoms with Crippen molar-refractivity contribution in [3.05, 3.63) is 53.4 Å². The Morgan fingerprint density at radius 2 is 2.17 bits per heavy atom. The number of aryl methyl sites for hydroxylation is 3. The first kappa shape index (κ1) is 14.5. The summed E-state index contributed by atoms with van der Waals surface area (Å²) in [7, 11) is 0. The molecule has 0 aromatic carbocycles. The van der Waals surface area contributed by atoms with Gasteiger partial charge in [0, 0.05) is 37.0 Å². The van der Waals surface area contributed by atoms with E-state index in [1.807, 2.05) is 6.20 Å². The zero-order valence-electron chi connectivity index (χ0n) is 14.0. The lowest BCUT2D eigenvalue weighted by Crippen LogP contribution is -2.20. The van der Waals surface area contributed by atoms with Gasteiger partial charge in [-0.25, -0.2) is 9.50 Å². The minimum absolute atomic E-state index is 0.506. The third-order valence-corrected chi connectivity index (χ3v) is 4.94. The van der Waals surface area contributed by atoms with Gasteiger partial charge in [0.05, 0.1) is 11.2 Å². The van der Waals surface area contributed by atoms with E-state index in [1.165, 1.54) is 41.1 Å². The summed E-state index contributed by atoms with van der Waals surface area (Å²) >= 11 is 0. The maximum absolute atomic E-state index is 4.90. The Labute approximate surface area is 137 Å². The van der Waals surface area contributed by atoms with Crippen LogP contribution in [0.25, 0.3) is 5.52 Å². The molecule has 1 aliphatic rings. The average Bonchev–Trinajstić information content (AvgIpc) is 3.17. The lowest BCUT2D eigenvalue weighted by atomic mass is 9.93. The molecule has 0 aliphatic carbocycles. The number of pyridine rings is 1. The van der Waals surface area contributed by atoms with E-state index in [4.69, 9.17) is 5.10 Å². The Morgan fingerprint density at radius 3 is 3.04 bits per heavy atom. The maximum atomic E-state index is 4.90. The maximum Gasteiger partial charge on any atom is 0.109 e. The second kappa shape index (κ2) is 5.84. The molecule has 0 saturated heterocycles. The lowest BCUT2D eigenvalue weighted by molar-refractivity contribution is 0.452. The Morgan fingerprint density at radius 1 is 1.26 bits per heavy atom. The summed E-state index contributed by atoms with van der Waals surface area (Å²) in [6.07, 6.45) is 9.67. The largest absolute Gasteiger partial charge is 0.335 e. The topological polar surface area (TPSA) is 35.1 Å². The molecule has 23 heavy (non-hydrogen) atoms. The number of aromatic nitrogens is 4. The number of hydrogen-bond donors (Lipinski definition) is 0. The van der Waals surface area contributed by atoms with Crippen LogP contribution < -0.4 is 0 Å². The predicted molar refractivity (Wildman–Crippen MR) is 91.8 cm³/mol. The highest BCUT2D eigenvalue weighted by Gasteiger charge is 2.23. The van der Waals surface area contributed by atoms with Crippen molar-refractivity contribution >= 4 is 5.52 Å². The van der Waals surface area contributed by atoms with Gasteiger partial charge in [0.25, 0.3) is 0 Å². The molecule has 0 radical (unpaired) electrons. The second-order valence-corrected chi connectivity index (χ2v) is 6.76. The molecule has 0 N–H and O–H groups in total. The van der Waals surface area contributed by atoms with E-state index in [1.54, 1.807) is 0 Å². The van der Waals surface area contributed by atoms with Gasteiger partial charge in [-0.3, -0.25) is 0 Å². The number of rotatable bonds is 4. The van der Waals surface area contributed by atoms with Crippen molar-refractivity contribution in [3.8, 4) is 0 Å². The highest BCUT2D eigenvalue weighted by molar-refractivity contribution is 5.51.